The van der Waals surface area contributed by atoms with Gasteiger partial charge in [-0.1, -0.05) is 69.3 Å². The van der Waals surface area contributed by atoms with Gasteiger partial charge in [0.25, 0.3) is 0 Å². The smallest absolute Gasteiger partial charge is 0.160 e. The summed E-state index contributed by atoms with van der Waals surface area (Å²) in [5.74, 6) is 0.110. The predicted molar refractivity (Wildman–Crippen MR) is 85.2 cm³/mol. The molecule has 0 N–H and O–H groups in total. The lowest BCUT2D eigenvalue weighted by atomic mass is 9.81. The topological polar surface area (TPSA) is 17.1 Å². The maximum Gasteiger partial charge on any atom is 0.160 e. The van der Waals surface area contributed by atoms with Crippen LogP contribution >= 0.6 is 0 Å². The van der Waals surface area contributed by atoms with Crippen molar-refractivity contribution in [3.63, 3.8) is 0 Å². The molecule has 0 aliphatic rings. The van der Waals surface area contributed by atoms with Crippen LogP contribution in [0.1, 0.15) is 50.0 Å². The van der Waals surface area contributed by atoms with E-state index in [0.717, 1.165) is 23.1 Å². The Balaban J connectivity index is 2.43. The highest BCUT2D eigenvalue weighted by Crippen LogP contribution is 2.30. The first-order valence-corrected chi connectivity index (χ1v) is 7.16. The third-order valence-corrected chi connectivity index (χ3v) is 4.17. The van der Waals surface area contributed by atoms with Crippen LogP contribution in [0, 0.1) is 0 Å². The van der Waals surface area contributed by atoms with Crippen LogP contribution in [0.2, 0.25) is 0 Å². The lowest BCUT2D eigenvalue weighted by Crippen LogP contribution is -2.15. The number of Topliss-reactive ketones (excluding diaryl/α,β-unsaturated/α-hetero) is 1. The molecule has 0 saturated carbocycles. The van der Waals surface area contributed by atoms with Gasteiger partial charge in [0.05, 0.1) is 0 Å². The Labute approximate surface area is 121 Å². The normalized spacial score (nSPS) is 11.4. The summed E-state index contributed by atoms with van der Waals surface area (Å²) in [5, 5.41) is 0. The van der Waals surface area contributed by atoms with E-state index in [1.165, 1.54) is 5.56 Å². The van der Waals surface area contributed by atoms with Gasteiger partial charge in [0.1, 0.15) is 0 Å². The summed E-state index contributed by atoms with van der Waals surface area (Å²) in [7, 11) is 0. The minimum absolute atomic E-state index is 0.110. The zero-order valence-corrected chi connectivity index (χ0v) is 12.7. The third-order valence-electron chi connectivity index (χ3n) is 4.17. The zero-order chi connectivity index (χ0) is 14.8. The predicted octanol–water partition coefficient (Wildman–Crippen LogP) is 5.24. The van der Waals surface area contributed by atoms with Gasteiger partial charge in [-0.25, -0.2) is 0 Å². The van der Waals surface area contributed by atoms with Gasteiger partial charge in [0.2, 0.25) is 0 Å². The Morgan fingerprint density at radius 3 is 2.15 bits per heavy atom. The summed E-state index contributed by atoms with van der Waals surface area (Å²) in [6.07, 6.45) is 1.11. The second kappa shape index (κ2) is 5.62. The minimum atomic E-state index is 0.110. The fourth-order valence-electron chi connectivity index (χ4n) is 2.35. The van der Waals surface area contributed by atoms with Crippen molar-refractivity contribution in [2.45, 2.75) is 39.5 Å². The molecular formula is C19H22O. The Morgan fingerprint density at radius 2 is 1.60 bits per heavy atom. The molecule has 2 rings (SSSR count). The van der Waals surface area contributed by atoms with E-state index in [0.29, 0.717) is 0 Å². The number of rotatable bonds is 4. The molecule has 0 heterocycles. The molecular weight excluding hydrogens is 244 g/mol. The van der Waals surface area contributed by atoms with Gasteiger partial charge < -0.3 is 0 Å². The first kappa shape index (κ1) is 14.5. The molecule has 0 saturated heterocycles. The molecule has 0 atom stereocenters. The Bertz CT molecular complexity index is 606. The Morgan fingerprint density at radius 1 is 1.00 bits per heavy atom. The van der Waals surface area contributed by atoms with Crippen LogP contribution in [0.25, 0.3) is 11.1 Å². The third kappa shape index (κ3) is 2.82. The minimum Gasteiger partial charge on any atom is -0.294 e. The van der Waals surface area contributed by atoms with E-state index in [4.69, 9.17) is 0 Å². The second-order valence-corrected chi connectivity index (χ2v) is 5.92. The molecule has 0 unspecified atom stereocenters. The molecule has 2 aromatic rings. The van der Waals surface area contributed by atoms with Crippen LogP contribution in [-0.4, -0.2) is 5.78 Å². The van der Waals surface area contributed by atoms with Gasteiger partial charge in [-0.15, -0.1) is 0 Å². The van der Waals surface area contributed by atoms with Crippen molar-refractivity contribution in [1.82, 2.24) is 0 Å². The lowest BCUT2D eigenvalue weighted by molar-refractivity contribution is 0.101. The first-order valence-electron chi connectivity index (χ1n) is 7.16. The van der Waals surface area contributed by atoms with E-state index in [1.54, 1.807) is 6.92 Å². The van der Waals surface area contributed by atoms with Crippen LogP contribution in [0.3, 0.4) is 0 Å². The number of ketones is 1. The highest BCUT2D eigenvalue weighted by atomic mass is 16.1. The molecule has 0 spiro atoms. The van der Waals surface area contributed by atoms with Crippen LogP contribution in [0.15, 0.2) is 48.5 Å². The van der Waals surface area contributed by atoms with Crippen LogP contribution < -0.4 is 0 Å². The van der Waals surface area contributed by atoms with Crippen molar-refractivity contribution in [2.24, 2.45) is 0 Å². The molecule has 20 heavy (non-hydrogen) atoms. The largest absolute Gasteiger partial charge is 0.294 e. The molecule has 104 valence electrons. The summed E-state index contributed by atoms with van der Waals surface area (Å²) in [4.78, 5) is 11.7. The van der Waals surface area contributed by atoms with Crippen molar-refractivity contribution in [3.8, 4) is 11.1 Å². The molecule has 0 radical (unpaired) electrons. The Kier molecular flexibility index (Phi) is 4.08. The number of hydrogen-bond donors (Lipinski definition) is 0. The SMILES string of the molecule is CCC(C)(C)c1ccc(-c2ccccc2C(C)=O)cc1. The molecule has 0 fully saturated rings. The molecule has 2 aromatic carbocycles. The molecule has 0 aliphatic carbocycles. The first-order chi connectivity index (χ1) is 9.45. The molecule has 0 amide bonds. The number of hydrogen-bond acceptors (Lipinski definition) is 1. The van der Waals surface area contributed by atoms with E-state index in [2.05, 4.69) is 45.0 Å². The standard InChI is InChI=1S/C19H22O/c1-5-19(3,4)16-12-10-15(11-13-16)18-9-7-6-8-17(18)14(2)20/h6-13H,5H2,1-4H3. The second-order valence-electron chi connectivity index (χ2n) is 5.92. The number of benzene rings is 2. The quantitative estimate of drug-likeness (QED) is 0.691. The fourth-order valence-corrected chi connectivity index (χ4v) is 2.35. The summed E-state index contributed by atoms with van der Waals surface area (Å²) < 4.78 is 0. The van der Waals surface area contributed by atoms with Crippen LogP contribution in [-0.2, 0) is 5.41 Å². The highest BCUT2D eigenvalue weighted by molar-refractivity contribution is 6.00. The van der Waals surface area contributed by atoms with Gasteiger partial charge in [0, 0.05) is 5.56 Å². The van der Waals surface area contributed by atoms with Crippen molar-refractivity contribution in [1.29, 1.82) is 0 Å². The van der Waals surface area contributed by atoms with E-state index >= 15 is 0 Å². The lowest BCUT2D eigenvalue weighted by Gasteiger charge is -2.23. The van der Waals surface area contributed by atoms with Crippen LogP contribution in [0.4, 0.5) is 0 Å². The fraction of sp³-hybridized carbons (Fsp3) is 0.316. The summed E-state index contributed by atoms with van der Waals surface area (Å²) in [5.41, 5.74) is 4.44. The van der Waals surface area contributed by atoms with Crippen molar-refractivity contribution in [2.75, 3.05) is 0 Å². The summed E-state index contributed by atoms with van der Waals surface area (Å²) in [6, 6.07) is 16.4. The van der Waals surface area contributed by atoms with Crippen molar-refractivity contribution >= 4 is 5.78 Å². The van der Waals surface area contributed by atoms with E-state index < -0.39 is 0 Å². The van der Waals surface area contributed by atoms with Gasteiger partial charge in [-0.2, -0.15) is 0 Å². The molecule has 0 aromatic heterocycles. The number of carbonyl (C=O) groups excluding carboxylic acids is 1. The van der Waals surface area contributed by atoms with Gasteiger partial charge >= 0.3 is 0 Å². The van der Waals surface area contributed by atoms with E-state index in [-0.39, 0.29) is 11.2 Å². The van der Waals surface area contributed by atoms with Crippen molar-refractivity contribution in [3.05, 3.63) is 59.7 Å². The summed E-state index contributed by atoms with van der Waals surface area (Å²) >= 11 is 0. The highest BCUT2D eigenvalue weighted by Gasteiger charge is 2.18. The molecule has 1 nitrogen and oxygen atoms in total. The zero-order valence-electron chi connectivity index (χ0n) is 12.7. The van der Waals surface area contributed by atoms with E-state index in [1.807, 2.05) is 24.3 Å². The number of carbonyl (C=O) groups is 1. The van der Waals surface area contributed by atoms with Crippen molar-refractivity contribution < 1.29 is 4.79 Å². The Hall–Kier alpha value is -1.89. The average Bonchev–Trinajstić information content (AvgIpc) is 2.47. The average molecular weight is 266 g/mol. The maximum absolute atomic E-state index is 11.7. The van der Waals surface area contributed by atoms with Gasteiger partial charge in [-0.05, 0) is 35.4 Å². The molecule has 0 bridgehead atoms. The van der Waals surface area contributed by atoms with Crippen LogP contribution in [0.5, 0.6) is 0 Å². The molecule has 0 aliphatic heterocycles. The van der Waals surface area contributed by atoms with Gasteiger partial charge in [0.15, 0.2) is 5.78 Å². The molecule has 1 heteroatoms. The van der Waals surface area contributed by atoms with E-state index in [9.17, 15) is 4.79 Å². The van der Waals surface area contributed by atoms with Gasteiger partial charge in [-0.3, -0.25) is 4.79 Å². The maximum atomic E-state index is 11.7. The monoisotopic (exact) mass is 266 g/mol. The summed E-state index contributed by atoms with van der Waals surface area (Å²) in [6.45, 7) is 8.34.